The summed E-state index contributed by atoms with van der Waals surface area (Å²) in [5.74, 6) is 1.88. The normalized spacial score (nSPS) is 12.0. The fourth-order valence-electron chi connectivity index (χ4n) is 1.51. The Labute approximate surface area is 116 Å². The molecule has 0 aliphatic carbocycles. The zero-order valence-corrected chi connectivity index (χ0v) is 12.3. The fourth-order valence-corrected chi connectivity index (χ4v) is 1.51. The lowest BCUT2D eigenvalue weighted by atomic mass is 10.2. The van der Waals surface area contributed by atoms with Gasteiger partial charge >= 0.3 is 0 Å². The number of nitrogens with zero attached hydrogens (tertiary/aromatic N) is 1. The summed E-state index contributed by atoms with van der Waals surface area (Å²) in [5, 5.41) is 3.06. The first kappa shape index (κ1) is 15.3. The second-order valence-corrected chi connectivity index (χ2v) is 5.35. The number of benzene rings is 1. The van der Waals surface area contributed by atoms with E-state index in [4.69, 9.17) is 10.5 Å². The molecule has 0 aromatic heterocycles. The summed E-state index contributed by atoms with van der Waals surface area (Å²) in [6, 6.07) is 8.27. The average molecular weight is 263 g/mol. The van der Waals surface area contributed by atoms with E-state index in [0.29, 0.717) is 24.5 Å². The molecule has 0 atom stereocenters. The molecule has 1 rings (SSSR count). The SMILES string of the molecule is CC(C)COc1cccc(CN=C(N)NC(C)C)c1. The van der Waals surface area contributed by atoms with Crippen LogP contribution < -0.4 is 15.8 Å². The predicted octanol–water partition coefficient (Wildman–Crippen LogP) is 2.53. The lowest BCUT2D eigenvalue weighted by molar-refractivity contribution is 0.271. The maximum Gasteiger partial charge on any atom is 0.189 e. The number of aliphatic imine (C=N–C) groups is 1. The molecule has 0 fully saturated rings. The smallest absolute Gasteiger partial charge is 0.189 e. The van der Waals surface area contributed by atoms with Gasteiger partial charge in [0.05, 0.1) is 13.2 Å². The Bertz CT molecular complexity index is 414. The van der Waals surface area contributed by atoms with E-state index in [-0.39, 0.29) is 0 Å². The van der Waals surface area contributed by atoms with Gasteiger partial charge in [-0.2, -0.15) is 0 Å². The van der Waals surface area contributed by atoms with Gasteiger partial charge < -0.3 is 15.8 Å². The molecular weight excluding hydrogens is 238 g/mol. The van der Waals surface area contributed by atoms with E-state index >= 15 is 0 Å². The number of hydrogen-bond donors (Lipinski definition) is 2. The van der Waals surface area contributed by atoms with Crippen molar-refractivity contribution in [2.24, 2.45) is 16.6 Å². The highest BCUT2D eigenvalue weighted by atomic mass is 16.5. The van der Waals surface area contributed by atoms with Gasteiger partial charge in [0, 0.05) is 6.04 Å². The molecule has 0 saturated heterocycles. The highest BCUT2D eigenvalue weighted by molar-refractivity contribution is 5.78. The number of nitrogens with two attached hydrogens (primary N) is 1. The van der Waals surface area contributed by atoms with Crippen LogP contribution in [0.1, 0.15) is 33.3 Å². The van der Waals surface area contributed by atoms with Crippen molar-refractivity contribution in [3.63, 3.8) is 0 Å². The molecular formula is C15H25N3O. The van der Waals surface area contributed by atoms with Crippen LogP contribution in [0.25, 0.3) is 0 Å². The van der Waals surface area contributed by atoms with Crippen LogP contribution in [0.4, 0.5) is 0 Å². The highest BCUT2D eigenvalue weighted by Gasteiger charge is 2.00. The number of guanidine groups is 1. The lowest BCUT2D eigenvalue weighted by Crippen LogP contribution is -2.36. The molecule has 4 heteroatoms. The van der Waals surface area contributed by atoms with Gasteiger partial charge in [0.25, 0.3) is 0 Å². The van der Waals surface area contributed by atoms with Crippen molar-refractivity contribution >= 4 is 5.96 Å². The minimum atomic E-state index is 0.296. The van der Waals surface area contributed by atoms with Crippen LogP contribution in [0, 0.1) is 5.92 Å². The molecule has 0 unspecified atom stereocenters. The first-order valence-corrected chi connectivity index (χ1v) is 6.75. The number of rotatable bonds is 6. The van der Waals surface area contributed by atoms with E-state index in [9.17, 15) is 0 Å². The van der Waals surface area contributed by atoms with E-state index in [2.05, 4.69) is 24.2 Å². The van der Waals surface area contributed by atoms with Gasteiger partial charge in [-0.1, -0.05) is 26.0 Å². The minimum Gasteiger partial charge on any atom is -0.493 e. The van der Waals surface area contributed by atoms with Crippen LogP contribution in [0.15, 0.2) is 29.3 Å². The molecule has 0 saturated carbocycles. The number of ether oxygens (including phenoxy) is 1. The summed E-state index contributed by atoms with van der Waals surface area (Å²) in [4.78, 5) is 4.30. The Morgan fingerprint density at radius 2 is 2.05 bits per heavy atom. The standard InChI is InChI=1S/C15H25N3O/c1-11(2)10-19-14-7-5-6-13(8-14)9-17-15(16)18-12(3)4/h5-8,11-12H,9-10H2,1-4H3,(H3,16,17,18). The summed E-state index contributed by atoms with van der Waals surface area (Å²) in [7, 11) is 0. The summed E-state index contributed by atoms with van der Waals surface area (Å²) >= 11 is 0. The molecule has 1 aromatic rings. The molecule has 0 amide bonds. The number of hydrogen-bond acceptors (Lipinski definition) is 2. The number of nitrogens with one attached hydrogen (secondary N) is 1. The highest BCUT2D eigenvalue weighted by Crippen LogP contribution is 2.14. The van der Waals surface area contributed by atoms with Crippen LogP contribution in [0.5, 0.6) is 5.75 Å². The monoisotopic (exact) mass is 263 g/mol. The van der Waals surface area contributed by atoms with E-state index < -0.39 is 0 Å². The minimum absolute atomic E-state index is 0.296. The van der Waals surface area contributed by atoms with Crippen LogP contribution in [0.3, 0.4) is 0 Å². The molecule has 0 heterocycles. The Hall–Kier alpha value is -1.71. The van der Waals surface area contributed by atoms with E-state index in [1.165, 1.54) is 0 Å². The third kappa shape index (κ3) is 6.70. The quantitative estimate of drug-likeness (QED) is 0.612. The maximum absolute atomic E-state index is 5.77. The molecule has 4 nitrogen and oxygen atoms in total. The van der Waals surface area contributed by atoms with Gasteiger partial charge in [-0.15, -0.1) is 0 Å². The van der Waals surface area contributed by atoms with Crippen LogP contribution in [-0.4, -0.2) is 18.6 Å². The first-order chi connectivity index (χ1) is 8.97. The topological polar surface area (TPSA) is 59.6 Å². The first-order valence-electron chi connectivity index (χ1n) is 6.75. The molecule has 0 radical (unpaired) electrons. The Morgan fingerprint density at radius 3 is 2.68 bits per heavy atom. The van der Waals surface area contributed by atoms with Crippen molar-refractivity contribution < 1.29 is 4.74 Å². The Morgan fingerprint density at radius 1 is 1.32 bits per heavy atom. The Balaban J connectivity index is 2.57. The molecule has 106 valence electrons. The van der Waals surface area contributed by atoms with Crippen molar-refractivity contribution in [2.45, 2.75) is 40.3 Å². The van der Waals surface area contributed by atoms with Crippen LogP contribution >= 0.6 is 0 Å². The van der Waals surface area contributed by atoms with Crippen molar-refractivity contribution in [3.8, 4) is 5.75 Å². The van der Waals surface area contributed by atoms with Crippen molar-refractivity contribution in [1.82, 2.24) is 5.32 Å². The maximum atomic E-state index is 5.77. The molecule has 0 bridgehead atoms. The van der Waals surface area contributed by atoms with Crippen molar-refractivity contribution in [2.75, 3.05) is 6.61 Å². The predicted molar refractivity (Wildman–Crippen MR) is 80.4 cm³/mol. The van der Waals surface area contributed by atoms with Crippen LogP contribution in [0.2, 0.25) is 0 Å². The van der Waals surface area contributed by atoms with Gasteiger partial charge in [0.1, 0.15) is 5.75 Å². The van der Waals surface area contributed by atoms with E-state index in [1.54, 1.807) is 0 Å². The summed E-state index contributed by atoms with van der Waals surface area (Å²) in [5.41, 5.74) is 6.86. The molecule has 3 N–H and O–H groups in total. The van der Waals surface area contributed by atoms with Crippen molar-refractivity contribution in [3.05, 3.63) is 29.8 Å². The van der Waals surface area contributed by atoms with Gasteiger partial charge in [0.2, 0.25) is 0 Å². The molecule has 0 aliphatic heterocycles. The van der Waals surface area contributed by atoms with E-state index in [1.807, 2.05) is 38.1 Å². The summed E-state index contributed by atoms with van der Waals surface area (Å²) < 4.78 is 5.68. The van der Waals surface area contributed by atoms with Gasteiger partial charge in [-0.05, 0) is 37.5 Å². The molecule has 0 spiro atoms. The molecule has 19 heavy (non-hydrogen) atoms. The van der Waals surface area contributed by atoms with E-state index in [0.717, 1.165) is 17.9 Å². The Kier molecular flexibility index (Phi) is 6.19. The third-order valence-corrected chi connectivity index (χ3v) is 2.35. The lowest BCUT2D eigenvalue weighted by Gasteiger charge is -2.10. The third-order valence-electron chi connectivity index (χ3n) is 2.35. The second kappa shape index (κ2) is 7.67. The van der Waals surface area contributed by atoms with Gasteiger partial charge in [0.15, 0.2) is 5.96 Å². The molecule has 1 aromatic carbocycles. The zero-order chi connectivity index (χ0) is 14.3. The summed E-state index contributed by atoms with van der Waals surface area (Å²) in [6.45, 7) is 9.61. The van der Waals surface area contributed by atoms with Gasteiger partial charge in [-0.3, -0.25) is 0 Å². The fraction of sp³-hybridized carbons (Fsp3) is 0.533. The molecule has 0 aliphatic rings. The average Bonchev–Trinajstić information content (AvgIpc) is 2.34. The second-order valence-electron chi connectivity index (χ2n) is 5.35. The largest absolute Gasteiger partial charge is 0.493 e. The summed E-state index contributed by atoms with van der Waals surface area (Å²) in [6.07, 6.45) is 0. The van der Waals surface area contributed by atoms with Crippen LogP contribution in [-0.2, 0) is 6.54 Å². The van der Waals surface area contributed by atoms with Gasteiger partial charge in [-0.25, -0.2) is 4.99 Å². The zero-order valence-electron chi connectivity index (χ0n) is 12.3. The van der Waals surface area contributed by atoms with Crippen molar-refractivity contribution in [1.29, 1.82) is 0 Å².